The van der Waals surface area contributed by atoms with Crippen LogP contribution >= 0.6 is 11.8 Å². The molecule has 9 rings (SSSR count). The maximum Gasteiger partial charge on any atom is 0.327 e. The third kappa shape index (κ3) is 32.2. The van der Waals surface area contributed by atoms with Crippen LogP contribution in [0.2, 0.25) is 0 Å². The van der Waals surface area contributed by atoms with Crippen LogP contribution in [0.1, 0.15) is 166 Å². The molecular weight excluding hydrogens is 1900 g/mol. The van der Waals surface area contributed by atoms with Crippen LogP contribution in [-0.2, 0) is 122 Å². The molecule has 0 bridgehead atoms. The lowest BCUT2D eigenvalue weighted by Crippen LogP contribution is -2.62. The standard InChI is InChI=1S/C99H136N20O25S/c1-9-12-25-75-91(135)108-65(34-35-84(126)127)88(132)113-73(87(131)104-49-82(124)105-67(21-11-3)99(143)144)53-145-54-83(125)106-69(41-56-30-32-60(120)33-31-56)95(139)117-38-19-18-28-76(117)92(136)111-71(46-81(101)123)96(140)118-39-20-29-77(118)93(137)112-72(48-102-6)90(134)109-68(40-55(4)5)97(141)119-51-61(121)45-79(119)80(122)44-57(42-58-47-103-64-24-16-14-22-62(58)64)86(130)107-66(36-37-100)89(133)110-70(94(138)115(8)78(26-13-10-2)98(142)114(75)7)43-59-50-116(52-85(128)129)74-27-17-15-23-63(59)74/h3,14-17,22-24,27,30-33,47,50,55,57,61,65-73,75-79,102-103,120-121H,9-10,12-13,18-21,25-26,28-29,34-46,48-49,51-54,100H2,1-2,4-8H3,(H2,101,123)(H,104,131)(H,105,124)(H,106,125)(H,107,130)(H,108,135)(H,109,134)(H,110,133)(H,111,136)(H,112,137)(H,113,132)(H,126,127)(H,128,129)(H,143,144)/t57-,61-,65+,66+,67+,68+,69+,70+,71+,72+,73+,75+,76+,77+,78+,79+/m1/s1. The van der Waals surface area contributed by atoms with Crippen molar-refractivity contribution in [2.24, 2.45) is 23.3 Å². The highest BCUT2D eigenvalue weighted by atomic mass is 32.2. The Morgan fingerprint density at radius 3 is 1.81 bits per heavy atom. The second-order valence-electron chi connectivity index (χ2n) is 37.6. The quantitative estimate of drug-likeness (QED) is 0.0226. The maximum absolute atomic E-state index is 16.0. The number of ketones is 1. The van der Waals surface area contributed by atoms with E-state index in [1.807, 2.05) is 0 Å². The van der Waals surface area contributed by atoms with E-state index in [1.54, 1.807) is 82.4 Å². The average molecular weight is 2040 g/mol. The molecule has 4 aliphatic rings. The lowest BCUT2D eigenvalue weighted by Gasteiger charge is -2.38. The SMILES string of the molecule is C#CC[C@H](NC(=O)CNC(=O)[C@@H]1CSCC(=O)N[C@@H](Cc2ccc(O)cc2)C(=O)N2CCCC[C@H]2C(=O)N[C@@H](CC(N)=O)C(=O)N2CCC[C@H]2C(=O)N[C@@H](CNC)C(=O)N[C@@H](CC(C)C)C(=O)N2C[C@H](O)C[C@H]2C(=O)C[C@@H](Cc2c[nH]c3ccccc23)C(=O)N[C@@H](CCN)C(=O)N[C@@H](Cc2cn(CC(=O)O)c3ccccc23)C(=O)N(C)[C@@H](CCCC)C(=O)N(C)[C@@H](CCCC)C(=O)N[C@@H](CCC(=O)O)C(=O)N1)C(=O)O. The zero-order valence-electron chi connectivity index (χ0n) is 82.5. The molecule has 0 aliphatic carbocycles. The summed E-state index contributed by atoms with van der Waals surface area (Å²) in [7, 11) is 4.01. The Morgan fingerprint density at radius 1 is 0.593 bits per heavy atom. The second kappa shape index (κ2) is 55.1. The molecule has 0 unspecified atom stereocenters. The first-order valence-corrected chi connectivity index (χ1v) is 50.1. The number of aromatic hydroxyl groups is 1. The van der Waals surface area contributed by atoms with Crippen molar-refractivity contribution >= 4 is 152 Å². The highest BCUT2D eigenvalue weighted by Gasteiger charge is 2.48. The first kappa shape index (κ1) is 115. The number of aromatic nitrogens is 2. The molecular formula is C99H136N20O25S. The number of H-pyrrole nitrogens is 1. The van der Waals surface area contributed by atoms with E-state index in [0.29, 0.717) is 75.9 Å². The number of carboxylic acid groups (broad SMARTS) is 3. The van der Waals surface area contributed by atoms with Gasteiger partial charge in [0, 0.05) is 125 Å². The van der Waals surface area contributed by atoms with Crippen molar-refractivity contribution in [3.63, 3.8) is 0 Å². The summed E-state index contributed by atoms with van der Waals surface area (Å²) in [6, 6.07) is -3.09. The fourth-order valence-electron chi connectivity index (χ4n) is 18.7. The smallest absolute Gasteiger partial charge is 0.327 e. The number of hydrogen-bond donors (Lipinski definition) is 19. The number of fused-ring (bicyclic) bond motifs is 5. The maximum atomic E-state index is 16.0. The Kier molecular flexibility index (Phi) is 43.5. The molecule has 3 aromatic carbocycles. The predicted molar refractivity (Wildman–Crippen MR) is 529 cm³/mol. The highest BCUT2D eigenvalue weighted by molar-refractivity contribution is 8.00. The van der Waals surface area contributed by atoms with Crippen LogP contribution in [0, 0.1) is 24.2 Å². The number of aromatic amines is 1. The van der Waals surface area contributed by atoms with E-state index in [0.717, 1.165) is 19.6 Å². The number of piperidine rings is 1. The summed E-state index contributed by atoms with van der Waals surface area (Å²) in [4.78, 5) is 301. The van der Waals surface area contributed by atoms with Gasteiger partial charge in [0.25, 0.3) is 0 Å². The third-order valence-electron chi connectivity index (χ3n) is 26.2. The number of rotatable bonds is 31. The van der Waals surface area contributed by atoms with E-state index in [2.05, 4.69) is 69.4 Å². The molecule has 4 fully saturated rings. The summed E-state index contributed by atoms with van der Waals surface area (Å²) < 4.78 is 1.41. The number of nitrogens with one attached hydrogen (secondary N) is 12. The number of amides is 16. The molecule has 21 N–H and O–H groups in total. The number of primary amides is 1. The zero-order valence-corrected chi connectivity index (χ0v) is 83.4. The van der Waals surface area contributed by atoms with E-state index in [4.69, 9.17) is 17.9 Å². The number of unbranched alkanes of at least 4 members (excludes halogenated alkanes) is 2. The van der Waals surface area contributed by atoms with Crippen molar-refractivity contribution in [3.05, 3.63) is 102 Å². The highest BCUT2D eigenvalue weighted by Crippen LogP contribution is 2.32. The van der Waals surface area contributed by atoms with E-state index in [9.17, 15) is 73.5 Å². The van der Waals surface area contributed by atoms with Gasteiger partial charge in [0.05, 0.1) is 30.9 Å². The van der Waals surface area contributed by atoms with Gasteiger partial charge in [-0.3, -0.25) is 91.1 Å². The van der Waals surface area contributed by atoms with Crippen LogP contribution in [0.4, 0.5) is 0 Å². The molecule has 788 valence electrons. The van der Waals surface area contributed by atoms with Crippen LogP contribution in [0.15, 0.2) is 85.2 Å². The molecule has 4 saturated heterocycles. The van der Waals surface area contributed by atoms with Crippen LogP contribution in [0.3, 0.4) is 0 Å². The zero-order chi connectivity index (χ0) is 106. The second-order valence-corrected chi connectivity index (χ2v) is 38.6. The molecule has 46 heteroatoms. The lowest BCUT2D eigenvalue weighted by molar-refractivity contribution is -0.149. The van der Waals surface area contributed by atoms with Gasteiger partial charge in [-0.1, -0.05) is 102 Å². The Morgan fingerprint density at radius 2 is 1.17 bits per heavy atom. The summed E-state index contributed by atoms with van der Waals surface area (Å²) in [6.07, 6.45) is 3.80. The Balaban J connectivity index is 1.13. The van der Waals surface area contributed by atoms with E-state index < -0.39 is 284 Å². The number of aliphatic carboxylic acids is 3. The summed E-state index contributed by atoms with van der Waals surface area (Å²) in [5.41, 5.74) is 14.3. The Labute approximate surface area is 842 Å². The number of para-hydroxylation sites is 2. The van der Waals surface area contributed by atoms with Gasteiger partial charge in [0.2, 0.25) is 94.5 Å². The number of hydrogen-bond acceptors (Lipinski definition) is 25. The number of thioether (sulfide) groups is 1. The third-order valence-corrected chi connectivity index (χ3v) is 27.2. The number of Topliss-reactive ketones (excluding diaryl/α,β-unsaturated/α-hetero) is 1. The monoisotopic (exact) mass is 2040 g/mol. The molecule has 0 saturated carbocycles. The molecule has 5 aromatic rings. The first-order chi connectivity index (χ1) is 69.1. The molecule has 4 aliphatic heterocycles. The van der Waals surface area contributed by atoms with Gasteiger partial charge >= 0.3 is 17.9 Å². The number of carbonyl (C=O) groups is 20. The number of nitrogens with two attached hydrogens (primary N) is 2. The number of aliphatic hydroxyl groups excluding tert-OH is 1. The largest absolute Gasteiger partial charge is 0.508 e. The number of nitrogens with zero attached hydrogens (tertiary/aromatic N) is 6. The first-order valence-electron chi connectivity index (χ1n) is 48.9. The number of carbonyl (C=O) groups excluding carboxylic acids is 17. The van der Waals surface area contributed by atoms with Crippen LogP contribution in [0.5, 0.6) is 5.75 Å². The summed E-state index contributed by atoms with van der Waals surface area (Å²) in [6.45, 7) is 4.32. The van der Waals surface area contributed by atoms with Crippen LogP contribution < -0.4 is 70.0 Å². The normalized spacial score (nSPS) is 24.5. The van der Waals surface area contributed by atoms with Gasteiger partial charge in [0.15, 0.2) is 5.78 Å². The predicted octanol–water partition coefficient (Wildman–Crippen LogP) is -1.43. The summed E-state index contributed by atoms with van der Waals surface area (Å²) in [5.74, 6) is -21.7. The van der Waals surface area contributed by atoms with E-state index in [-0.39, 0.29) is 115 Å². The Bertz CT molecular complexity index is 5550. The number of benzene rings is 3. The summed E-state index contributed by atoms with van der Waals surface area (Å²) >= 11 is 0.659. The van der Waals surface area contributed by atoms with Crippen molar-refractivity contribution < 1.29 is 121 Å². The van der Waals surface area contributed by atoms with Gasteiger partial charge in [-0.05, 0) is 131 Å². The summed E-state index contributed by atoms with van der Waals surface area (Å²) in [5, 5.41) is 81.8. The molecule has 16 amide bonds. The molecule has 145 heavy (non-hydrogen) atoms. The Hall–Kier alpha value is -14.1. The fourth-order valence-corrected chi connectivity index (χ4v) is 19.5. The minimum Gasteiger partial charge on any atom is -0.508 e. The van der Waals surface area contributed by atoms with Gasteiger partial charge in [-0.15, -0.1) is 24.1 Å². The number of terminal acetylenes is 1. The van der Waals surface area contributed by atoms with Crippen molar-refractivity contribution in [1.29, 1.82) is 0 Å². The lowest BCUT2D eigenvalue weighted by atomic mass is 9.90. The topological polar surface area (TPSA) is 664 Å². The number of carboxylic acids is 3. The van der Waals surface area contributed by atoms with Gasteiger partial charge < -0.3 is 130 Å². The number of phenols is 1. The van der Waals surface area contributed by atoms with Crippen molar-refractivity contribution in [2.75, 3.05) is 71.9 Å². The van der Waals surface area contributed by atoms with E-state index in [1.165, 1.54) is 61.1 Å². The van der Waals surface area contributed by atoms with Gasteiger partial charge in [-0.25, -0.2) is 4.79 Å². The van der Waals surface area contributed by atoms with Crippen molar-refractivity contribution in [3.8, 4) is 18.1 Å². The molecule has 16 atom stereocenters. The minimum atomic E-state index is -1.89. The van der Waals surface area contributed by atoms with Crippen molar-refractivity contribution in [2.45, 2.75) is 266 Å². The molecule has 45 nitrogen and oxygen atoms in total. The van der Waals surface area contributed by atoms with Crippen molar-refractivity contribution in [1.82, 2.24) is 92.5 Å². The van der Waals surface area contributed by atoms with Gasteiger partial charge in [0.1, 0.15) is 90.8 Å². The molecule has 6 heterocycles. The number of likely N-dealkylation sites (N-methyl/N-ethyl adjacent to an activating group) is 3. The number of aliphatic hydroxyl groups is 1. The van der Waals surface area contributed by atoms with Gasteiger partial charge in [-0.2, -0.15) is 0 Å². The van der Waals surface area contributed by atoms with Crippen LogP contribution in [-0.4, -0.2) is 340 Å². The molecule has 2 aromatic heterocycles. The molecule has 0 radical (unpaired) electrons. The van der Waals surface area contributed by atoms with E-state index >= 15 is 47.9 Å². The minimum absolute atomic E-state index is 0.0111. The number of phenolic OH excluding ortho intramolecular Hbond substituents is 1. The van der Waals surface area contributed by atoms with Crippen LogP contribution in [0.25, 0.3) is 21.8 Å². The average Bonchev–Trinajstić information content (AvgIpc) is 1.65. The molecule has 0 spiro atoms. The fraction of sp³-hybridized carbons (Fsp3) is 0.556.